The zero-order valence-electron chi connectivity index (χ0n) is 13.0. The molecule has 2 heterocycles. The number of aliphatic hydroxyl groups excluding tert-OH is 1. The summed E-state index contributed by atoms with van der Waals surface area (Å²) in [5, 5.41) is 9.28. The fraction of sp³-hybridized carbons (Fsp3) is 0.294. The van der Waals surface area contributed by atoms with Crippen molar-refractivity contribution in [1.82, 2.24) is 9.55 Å². The van der Waals surface area contributed by atoms with E-state index in [1.54, 1.807) is 29.7 Å². The molecule has 3 rings (SSSR count). The Morgan fingerprint density at radius 3 is 3.08 bits per heavy atom. The van der Waals surface area contributed by atoms with Crippen LogP contribution in [0.3, 0.4) is 0 Å². The second-order valence-corrected chi connectivity index (χ2v) is 5.52. The van der Waals surface area contributed by atoms with E-state index in [2.05, 4.69) is 16.8 Å². The number of ether oxygens (including phenoxy) is 1. The highest BCUT2D eigenvalue weighted by Crippen LogP contribution is 2.34. The first-order chi connectivity index (χ1) is 11.5. The lowest BCUT2D eigenvalue weighted by Gasteiger charge is -2.14. The van der Waals surface area contributed by atoms with E-state index in [1.807, 2.05) is 0 Å². The molecule has 24 heavy (non-hydrogen) atoms. The number of fused-ring (bicyclic) bond motifs is 3. The van der Waals surface area contributed by atoms with Crippen LogP contribution >= 0.6 is 0 Å². The average molecular weight is 329 g/mol. The molecular weight excluding hydrogens is 313 g/mol. The van der Waals surface area contributed by atoms with Gasteiger partial charge in [0.05, 0.1) is 12.1 Å². The van der Waals surface area contributed by atoms with Gasteiger partial charge in [0.1, 0.15) is 36.2 Å². The normalized spacial score (nSPS) is 16.7. The number of carbonyl (C=O) groups is 1. The molecule has 1 amide bonds. The largest absolute Gasteiger partial charge is 0.485 e. The van der Waals surface area contributed by atoms with E-state index in [0.29, 0.717) is 22.7 Å². The van der Waals surface area contributed by atoms with Gasteiger partial charge in [0.25, 0.3) is 5.91 Å². The number of hydrogen-bond donors (Lipinski definition) is 2. The molecule has 0 radical (unpaired) electrons. The maximum atomic E-state index is 13.2. The predicted molar refractivity (Wildman–Crippen MR) is 85.1 cm³/mol. The number of aromatic nitrogens is 2. The molecule has 0 saturated carbocycles. The van der Waals surface area contributed by atoms with Crippen molar-refractivity contribution in [2.24, 2.45) is 5.73 Å². The number of carbonyl (C=O) groups excluding carboxylic acids is 1. The van der Waals surface area contributed by atoms with Crippen molar-refractivity contribution in [2.75, 3.05) is 6.67 Å². The van der Waals surface area contributed by atoms with Crippen molar-refractivity contribution in [2.45, 2.75) is 25.7 Å². The second kappa shape index (κ2) is 6.34. The summed E-state index contributed by atoms with van der Waals surface area (Å²) in [6, 6.07) is 5.13. The monoisotopic (exact) mass is 329 g/mol. The second-order valence-electron chi connectivity index (χ2n) is 5.52. The first-order valence-corrected chi connectivity index (χ1v) is 7.41. The molecule has 0 fully saturated rings. The summed E-state index contributed by atoms with van der Waals surface area (Å²) in [4.78, 5) is 15.6. The Hall–Kier alpha value is -2.85. The van der Waals surface area contributed by atoms with Gasteiger partial charge in [0.2, 0.25) is 0 Å². The average Bonchev–Trinajstić information content (AvgIpc) is 2.91. The fourth-order valence-electron chi connectivity index (χ4n) is 2.48. The number of rotatable bonds is 2. The maximum Gasteiger partial charge on any atom is 0.268 e. The van der Waals surface area contributed by atoms with E-state index < -0.39 is 24.8 Å². The molecule has 6 nitrogen and oxygen atoms in total. The van der Waals surface area contributed by atoms with Gasteiger partial charge in [-0.3, -0.25) is 4.79 Å². The minimum Gasteiger partial charge on any atom is -0.485 e. The molecule has 2 atom stereocenters. The number of nitrogens with zero attached hydrogens (tertiary/aromatic N) is 2. The van der Waals surface area contributed by atoms with Crippen molar-refractivity contribution in [3.63, 3.8) is 0 Å². The molecule has 1 aromatic carbocycles. The molecule has 124 valence electrons. The zero-order chi connectivity index (χ0) is 17.3. The highest BCUT2D eigenvalue weighted by molar-refractivity contribution is 5.91. The molecule has 0 aliphatic carbocycles. The number of benzene rings is 1. The highest BCUT2D eigenvalue weighted by atomic mass is 19.1. The highest BCUT2D eigenvalue weighted by Gasteiger charge is 2.25. The summed E-state index contributed by atoms with van der Waals surface area (Å²) in [7, 11) is 0. The minimum absolute atomic E-state index is 0.107. The Morgan fingerprint density at radius 2 is 2.42 bits per heavy atom. The number of halogens is 1. The molecule has 1 aromatic heterocycles. The van der Waals surface area contributed by atoms with Gasteiger partial charge in [0.15, 0.2) is 0 Å². The number of aliphatic hydroxyl groups is 1. The van der Waals surface area contributed by atoms with Crippen LogP contribution < -0.4 is 10.5 Å². The topological polar surface area (TPSA) is 90.4 Å². The van der Waals surface area contributed by atoms with Crippen LogP contribution in [0.5, 0.6) is 5.75 Å². The number of alkyl halides is 1. The van der Waals surface area contributed by atoms with Gasteiger partial charge in [-0.1, -0.05) is 11.8 Å². The van der Waals surface area contributed by atoms with Crippen LogP contribution in [-0.4, -0.2) is 39.4 Å². The smallest absolute Gasteiger partial charge is 0.268 e. The van der Waals surface area contributed by atoms with Gasteiger partial charge in [-0.05, 0) is 25.1 Å². The summed E-state index contributed by atoms with van der Waals surface area (Å²) in [6.45, 7) is 1.11. The van der Waals surface area contributed by atoms with Crippen molar-refractivity contribution < 1.29 is 19.0 Å². The van der Waals surface area contributed by atoms with Gasteiger partial charge >= 0.3 is 0 Å². The van der Waals surface area contributed by atoms with Crippen LogP contribution in [0.2, 0.25) is 0 Å². The Bertz CT molecular complexity index is 848. The SMILES string of the molecule is CC(O)C#Cc1ccc2c(c1)-c1nc(C(N)=O)cn1CC(CF)O2. The summed E-state index contributed by atoms with van der Waals surface area (Å²) in [5.74, 6) is 5.77. The number of hydrogen-bond acceptors (Lipinski definition) is 4. The molecule has 0 bridgehead atoms. The standard InChI is InChI=1S/C17H16FN3O3/c1-10(22)2-3-11-4-5-15-13(6-11)17-20-14(16(19)23)9-21(17)8-12(7-18)24-15/h4-6,9-10,12,22H,7-8H2,1H3,(H2,19,23). The van der Waals surface area contributed by atoms with Gasteiger partial charge < -0.3 is 20.1 Å². The van der Waals surface area contributed by atoms with Crippen molar-refractivity contribution in [1.29, 1.82) is 0 Å². The lowest BCUT2D eigenvalue weighted by atomic mass is 10.1. The van der Waals surface area contributed by atoms with E-state index in [1.165, 1.54) is 6.20 Å². The lowest BCUT2D eigenvalue weighted by Crippen LogP contribution is -2.23. The Morgan fingerprint density at radius 1 is 1.62 bits per heavy atom. The summed E-state index contributed by atoms with van der Waals surface area (Å²) >= 11 is 0. The van der Waals surface area contributed by atoms with Gasteiger partial charge in [-0.25, -0.2) is 9.37 Å². The van der Waals surface area contributed by atoms with Gasteiger partial charge in [-0.2, -0.15) is 0 Å². The first-order valence-electron chi connectivity index (χ1n) is 7.41. The Labute approximate surface area is 138 Å². The molecule has 0 saturated heterocycles. The number of amides is 1. The third-order valence-corrected chi connectivity index (χ3v) is 3.54. The van der Waals surface area contributed by atoms with Crippen LogP contribution in [0.4, 0.5) is 4.39 Å². The zero-order valence-corrected chi connectivity index (χ0v) is 13.0. The van der Waals surface area contributed by atoms with E-state index in [0.717, 1.165) is 0 Å². The molecule has 7 heteroatoms. The lowest BCUT2D eigenvalue weighted by molar-refractivity contribution is 0.0995. The van der Waals surface area contributed by atoms with E-state index in [9.17, 15) is 14.3 Å². The van der Waals surface area contributed by atoms with Crippen LogP contribution in [0.25, 0.3) is 11.4 Å². The third kappa shape index (κ3) is 3.09. The Balaban J connectivity index is 2.14. The van der Waals surface area contributed by atoms with Crippen molar-refractivity contribution >= 4 is 5.91 Å². The van der Waals surface area contributed by atoms with Gasteiger partial charge in [-0.15, -0.1) is 0 Å². The Kier molecular flexibility index (Phi) is 4.23. The number of primary amides is 1. The molecule has 3 N–H and O–H groups in total. The van der Waals surface area contributed by atoms with Crippen molar-refractivity contribution in [3.8, 4) is 29.0 Å². The van der Waals surface area contributed by atoms with Crippen molar-refractivity contribution in [3.05, 3.63) is 35.7 Å². The summed E-state index contributed by atoms with van der Waals surface area (Å²) in [5.41, 5.74) is 6.64. The van der Waals surface area contributed by atoms with Crippen LogP contribution in [-0.2, 0) is 6.54 Å². The third-order valence-electron chi connectivity index (χ3n) is 3.54. The maximum absolute atomic E-state index is 13.2. The quantitative estimate of drug-likeness (QED) is 0.808. The van der Waals surface area contributed by atoms with E-state index in [4.69, 9.17) is 10.5 Å². The molecular formula is C17H16FN3O3. The summed E-state index contributed by atoms with van der Waals surface area (Å²) < 4.78 is 20.5. The number of nitrogens with two attached hydrogens (primary N) is 1. The van der Waals surface area contributed by atoms with Crippen LogP contribution in [0.15, 0.2) is 24.4 Å². The molecule has 2 unspecified atom stereocenters. The predicted octanol–water partition coefficient (Wildman–Crippen LogP) is 1.11. The van der Waals surface area contributed by atoms with E-state index >= 15 is 0 Å². The van der Waals surface area contributed by atoms with Gasteiger partial charge in [0, 0.05) is 11.8 Å². The van der Waals surface area contributed by atoms with Crippen LogP contribution in [0, 0.1) is 11.8 Å². The fourth-order valence-corrected chi connectivity index (χ4v) is 2.48. The minimum atomic E-state index is -0.751. The molecule has 1 aliphatic heterocycles. The molecule has 0 spiro atoms. The van der Waals surface area contributed by atoms with E-state index in [-0.39, 0.29) is 12.2 Å². The summed E-state index contributed by atoms with van der Waals surface area (Å²) in [6.07, 6.45) is 0.0567. The molecule has 1 aliphatic rings. The number of imidazole rings is 1. The first kappa shape index (κ1) is 16.0. The molecule has 2 aromatic rings. The van der Waals surface area contributed by atoms with Crippen LogP contribution in [0.1, 0.15) is 23.0 Å².